The molecule has 0 radical (unpaired) electrons. The fourth-order valence-corrected chi connectivity index (χ4v) is 1.35. The summed E-state index contributed by atoms with van der Waals surface area (Å²) in [5, 5.41) is 0. The average Bonchev–Trinajstić information content (AvgIpc) is 2.95. The summed E-state index contributed by atoms with van der Waals surface area (Å²) in [4.78, 5) is 0. The van der Waals surface area contributed by atoms with Gasteiger partial charge in [-0.05, 0) is 5.56 Å². The third-order valence-electron chi connectivity index (χ3n) is 2.29. The van der Waals surface area contributed by atoms with Gasteiger partial charge >= 0.3 is 0 Å². The Kier molecular flexibility index (Phi) is 2.62. The summed E-state index contributed by atoms with van der Waals surface area (Å²) in [5.74, 6) is 0. The lowest BCUT2D eigenvalue weighted by atomic mass is 10.2. The van der Waals surface area contributed by atoms with Crippen LogP contribution < -0.4 is 0 Å². The van der Waals surface area contributed by atoms with E-state index in [-0.39, 0.29) is 0 Å². The van der Waals surface area contributed by atoms with E-state index in [0.29, 0.717) is 18.8 Å². The first-order valence-corrected chi connectivity index (χ1v) is 4.58. The highest BCUT2D eigenvalue weighted by Gasteiger charge is 2.38. The summed E-state index contributed by atoms with van der Waals surface area (Å²) < 4.78 is 10.8. The highest BCUT2D eigenvalue weighted by Crippen LogP contribution is 2.28. The molecule has 1 saturated carbocycles. The van der Waals surface area contributed by atoms with Gasteiger partial charge in [0.2, 0.25) is 0 Å². The minimum Gasteiger partial charge on any atom is -0.379 e. The van der Waals surface area contributed by atoms with Crippen molar-refractivity contribution in [3.63, 3.8) is 0 Å². The molecule has 0 aromatic heterocycles. The van der Waals surface area contributed by atoms with Crippen LogP contribution in [-0.2, 0) is 16.1 Å². The van der Waals surface area contributed by atoms with Gasteiger partial charge in [0.1, 0.15) is 0 Å². The van der Waals surface area contributed by atoms with Crippen LogP contribution in [0.5, 0.6) is 0 Å². The molecule has 1 aliphatic rings. The molecule has 0 bridgehead atoms. The molecule has 0 unspecified atom stereocenters. The molecular weight excluding hydrogens is 164 g/mol. The second kappa shape index (κ2) is 3.90. The molecule has 1 aliphatic carbocycles. The largest absolute Gasteiger partial charge is 0.379 e. The van der Waals surface area contributed by atoms with Gasteiger partial charge in [-0.3, -0.25) is 0 Å². The van der Waals surface area contributed by atoms with Crippen molar-refractivity contribution in [1.82, 2.24) is 0 Å². The molecule has 0 aliphatic heterocycles. The minimum absolute atomic E-state index is 0.324. The summed E-state index contributed by atoms with van der Waals surface area (Å²) in [7, 11) is 1.73. The van der Waals surface area contributed by atoms with E-state index >= 15 is 0 Å². The first kappa shape index (κ1) is 8.73. The normalized spacial score (nSPS) is 25.9. The van der Waals surface area contributed by atoms with Gasteiger partial charge in [-0.2, -0.15) is 0 Å². The van der Waals surface area contributed by atoms with Gasteiger partial charge in [0.05, 0.1) is 18.8 Å². The molecule has 2 heteroatoms. The van der Waals surface area contributed by atoms with E-state index in [1.807, 2.05) is 18.2 Å². The number of benzene rings is 1. The van der Waals surface area contributed by atoms with Crippen molar-refractivity contribution in [2.45, 2.75) is 25.2 Å². The van der Waals surface area contributed by atoms with E-state index in [9.17, 15) is 0 Å². The Morgan fingerprint density at radius 2 is 2.00 bits per heavy atom. The predicted octanol–water partition coefficient (Wildman–Crippen LogP) is 1.99. The van der Waals surface area contributed by atoms with Crippen LogP contribution in [0.4, 0.5) is 0 Å². The van der Waals surface area contributed by atoms with Crippen molar-refractivity contribution < 1.29 is 9.47 Å². The van der Waals surface area contributed by atoms with Crippen LogP contribution in [0.2, 0.25) is 0 Å². The van der Waals surface area contributed by atoms with Gasteiger partial charge in [-0.1, -0.05) is 30.3 Å². The average molecular weight is 178 g/mol. The van der Waals surface area contributed by atoms with Crippen LogP contribution in [0.3, 0.4) is 0 Å². The molecule has 2 nitrogen and oxygen atoms in total. The first-order valence-electron chi connectivity index (χ1n) is 4.58. The summed E-state index contributed by atoms with van der Waals surface area (Å²) in [5.41, 5.74) is 1.23. The SMILES string of the molecule is CO[C@@H]1C[C@H]1OCc1ccccc1. The second-order valence-electron chi connectivity index (χ2n) is 3.34. The lowest BCUT2D eigenvalue weighted by molar-refractivity contribution is 0.0552. The fraction of sp³-hybridized carbons (Fsp3) is 0.455. The molecule has 0 saturated heterocycles. The van der Waals surface area contributed by atoms with Crippen molar-refractivity contribution >= 4 is 0 Å². The van der Waals surface area contributed by atoms with Crippen molar-refractivity contribution in [2.24, 2.45) is 0 Å². The second-order valence-corrected chi connectivity index (χ2v) is 3.34. The van der Waals surface area contributed by atoms with E-state index in [4.69, 9.17) is 9.47 Å². The maximum absolute atomic E-state index is 5.62. The van der Waals surface area contributed by atoms with Gasteiger partial charge in [0.25, 0.3) is 0 Å². The molecule has 1 fully saturated rings. The zero-order valence-corrected chi connectivity index (χ0v) is 7.77. The zero-order valence-electron chi connectivity index (χ0n) is 7.77. The summed E-state index contributed by atoms with van der Waals surface area (Å²) in [6.07, 6.45) is 1.71. The number of ether oxygens (including phenoxy) is 2. The van der Waals surface area contributed by atoms with E-state index in [2.05, 4.69) is 12.1 Å². The Labute approximate surface area is 78.5 Å². The van der Waals surface area contributed by atoms with Crippen LogP contribution in [0, 0.1) is 0 Å². The lowest BCUT2D eigenvalue weighted by Gasteiger charge is -2.02. The first-order chi connectivity index (χ1) is 6.40. The summed E-state index contributed by atoms with van der Waals surface area (Å²) in [6, 6.07) is 10.2. The highest BCUT2D eigenvalue weighted by molar-refractivity contribution is 5.13. The quantitative estimate of drug-likeness (QED) is 0.702. The third-order valence-corrected chi connectivity index (χ3v) is 2.29. The molecule has 0 spiro atoms. The van der Waals surface area contributed by atoms with Gasteiger partial charge in [0.15, 0.2) is 0 Å². The highest BCUT2D eigenvalue weighted by atomic mass is 16.6. The van der Waals surface area contributed by atoms with Gasteiger partial charge < -0.3 is 9.47 Å². The maximum atomic E-state index is 5.62. The van der Waals surface area contributed by atoms with Crippen LogP contribution in [-0.4, -0.2) is 19.3 Å². The Morgan fingerprint density at radius 3 is 2.62 bits per heavy atom. The standard InChI is InChI=1S/C11H14O2/c1-12-10-7-11(10)13-8-9-5-3-2-4-6-9/h2-6,10-11H,7-8H2,1H3/t10-,11-/m1/s1. The summed E-state index contributed by atoms with van der Waals surface area (Å²) >= 11 is 0. The number of rotatable bonds is 4. The number of methoxy groups -OCH3 is 1. The van der Waals surface area contributed by atoms with E-state index in [0.717, 1.165) is 6.42 Å². The molecule has 2 atom stereocenters. The molecule has 0 amide bonds. The summed E-state index contributed by atoms with van der Waals surface area (Å²) in [6.45, 7) is 0.700. The van der Waals surface area contributed by atoms with E-state index in [1.54, 1.807) is 7.11 Å². The smallest absolute Gasteiger partial charge is 0.0867 e. The Morgan fingerprint density at radius 1 is 1.23 bits per heavy atom. The van der Waals surface area contributed by atoms with Crippen LogP contribution >= 0.6 is 0 Å². The molecule has 2 rings (SSSR count). The molecule has 70 valence electrons. The third kappa shape index (κ3) is 2.29. The van der Waals surface area contributed by atoms with E-state index in [1.165, 1.54) is 5.56 Å². The van der Waals surface area contributed by atoms with Crippen molar-refractivity contribution in [3.05, 3.63) is 35.9 Å². The Hall–Kier alpha value is -0.860. The molecule has 13 heavy (non-hydrogen) atoms. The predicted molar refractivity (Wildman–Crippen MR) is 50.4 cm³/mol. The number of hydrogen-bond acceptors (Lipinski definition) is 2. The molecular formula is C11H14O2. The van der Waals surface area contributed by atoms with Crippen LogP contribution in [0.15, 0.2) is 30.3 Å². The van der Waals surface area contributed by atoms with Gasteiger partial charge in [-0.25, -0.2) is 0 Å². The molecule has 1 aromatic rings. The minimum atomic E-state index is 0.324. The zero-order chi connectivity index (χ0) is 9.10. The molecule has 0 heterocycles. The number of hydrogen-bond donors (Lipinski definition) is 0. The van der Waals surface area contributed by atoms with E-state index < -0.39 is 0 Å². The topological polar surface area (TPSA) is 18.5 Å². The maximum Gasteiger partial charge on any atom is 0.0867 e. The fourth-order valence-electron chi connectivity index (χ4n) is 1.35. The van der Waals surface area contributed by atoms with Crippen molar-refractivity contribution in [3.8, 4) is 0 Å². The van der Waals surface area contributed by atoms with Gasteiger partial charge in [-0.15, -0.1) is 0 Å². The van der Waals surface area contributed by atoms with Crippen molar-refractivity contribution in [2.75, 3.05) is 7.11 Å². The van der Waals surface area contributed by atoms with Crippen LogP contribution in [0.25, 0.3) is 0 Å². The molecule has 0 N–H and O–H groups in total. The van der Waals surface area contributed by atoms with Crippen LogP contribution in [0.1, 0.15) is 12.0 Å². The monoisotopic (exact) mass is 178 g/mol. The van der Waals surface area contributed by atoms with Crippen molar-refractivity contribution in [1.29, 1.82) is 0 Å². The lowest BCUT2D eigenvalue weighted by Crippen LogP contribution is -2.01. The van der Waals surface area contributed by atoms with Gasteiger partial charge in [0, 0.05) is 13.5 Å². The molecule has 1 aromatic carbocycles. The Balaban J connectivity index is 1.75. The Bertz CT molecular complexity index is 258.